The quantitative estimate of drug-likeness (QED) is 0.772. The van der Waals surface area contributed by atoms with E-state index in [0.717, 1.165) is 16.7 Å². The van der Waals surface area contributed by atoms with Crippen LogP contribution in [0, 0.1) is 0 Å². The molecule has 0 saturated heterocycles. The zero-order valence-electron chi connectivity index (χ0n) is 15.0. The summed E-state index contributed by atoms with van der Waals surface area (Å²) < 4.78 is 5.49. The zero-order valence-corrected chi connectivity index (χ0v) is 15.7. The van der Waals surface area contributed by atoms with Gasteiger partial charge in [0.05, 0.1) is 12.6 Å². The summed E-state index contributed by atoms with van der Waals surface area (Å²) in [5.74, 6) is 0. The van der Waals surface area contributed by atoms with Gasteiger partial charge in [0.25, 0.3) is 0 Å². The Morgan fingerprint density at radius 3 is 2.60 bits per heavy atom. The van der Waals surface area contributed by atoms with E-state index in [1.165, 1.54) is 0 Å². The number of ether oxygens (including phenoxy) is 1. The van der Waals surface area contributed by atoms with Gasteiger partial charge in [-0.25, -0.2) is 4.79 Å². The lowest BCUT2D eigenvalue weighted by Crippen LogP contribution is -2.38. The van der Waals surface area contributed by atoms with Crippen molar-refractivity contribution in [3.8, 4) is 0 Å². The van der Waals surface area contributed by atoms with Gasteiger partial charge in [0.15, 0.2) is 0 Å². The summed E-state index contributed by atoms with van der Waals surface area (Å²) in [7, 11) is 1.78. The van der Waals surface area contributed by atoms with Crippen molar-refractivity contribution in [1.82, 2.24) is 10.2 Å². The molecular weight excluding hydrogens is 336 g/mol. The molecule has 0 aliphatic carbocycles. The standard InChI is InChI=1S/C20H25ClN2O2/c1-4-25-14-18-9-6-5-8-17(18)13-22-20(24)23(3)15(2)16-10-7-11-19(21)12-16/h5-12,15H,4,13-14H2,1-3H3,(H,22,24). The van der Waals surface area contributed by atoms with E-state index in [2.05, 4.69) is 5.32 Å². The van der Waals surface area contributed by atoms with Crippen LogP contribution in [0.4, 0.5) is 4.79 Å². The molecular formula is C20H25ClN2O2. The van der Waals surface area contributed by atoms with Crippen molar-refractivity contribution >= 4 is 17.6 Å². The third kappa shape index (κ3) is 5.48. The number of nitrogens with zero attached hydrogens (tertiary/aromatic N) is 1. The Balaban J connectivity index is 1.98. The fourth-order valence-corrected chi connectivity index (χ4v) is 2.74. The van der Waals surface area contributed by atoms with Crippen LogP contribution in [0.5, 0.6) is 0 Å². The van der Waals surface area contributed by atoms with Crippen LogP contribution < -0.4 is 5.32 Å². The van der Waals surface area contributed by atoms with E-state index < -0.39 is 0 Å². The van der Waals surface area contributed by atoms with Gasteiger partial charge in [0.2, 0.25) is 0 Å². The largest absolute Gasteiger partial charge is 0.377 e. The third-order valence-corrected chi connectivity index (χ3v) is 4.48. The fraction of sp³-hybridized carbons (Fsp3) is 0.350. The molecule has 4 nitrogen and oxygen atoms in total. The summed E-state index contributed by atoms with van der Waals surface area (Å²) in [5, 5.41) is 3.65. The van der Waals surface area contributed by atoms with Crippen molar-refractivity contribution in [2.45, 2.75) is 33.0 Å². The molecule has 0 aliphatic rings. The molecule has 1 N–H and O–H groups in total. The van der Waals surface area contributed by atoms with E-state index in [4.69, 9.17) is 16.3 Å². The minimum atomic E-state index is -0.126. The predicted octanol–water partition coefficient (Wildman–Crippen LogP) is 4.78. The Morgan fingerprint density at radius 2 is 1.92 bits per heavy atom. The molecule has 0 fully saturated rings. The minimum absolute atomic E-state index is 0.0719. The maximum atomic E-state index is 12.5. The normalized spacial score (nSPS) is 11.8. The summed E-state index contributed by atoms with van der Waals surface area (Å²) in [6, 6.07) is 15.4. The highest BCUT2D eigenvalue weighted by Gasteiger charge is 2.17. The number of rotatable bonds is 7. The Bertz CT molecular complexity index is 706. The zero-order chi connectivity index (χ0) is 18.2. The number of benzene rings is 2. The van der Waals surface area contributed by atoms with Crippen LogP contribution in [0.3, 0.4) is 0 Å². The highest BCUT2D eigenvalue weighted by atomic mass is 35.5. The van der Waals surface area contributed by atoms with Gasteiger partial charge in [0.1, 0.15) is 0 Å². The maximum absolute atomic E-state index is 12.5. The molecule has 2 amide bonds. The molecule has 0 aliphatic heterocycles. The first-order valence-electron chi connectivity index (χ1n) is 8.43. The van der Waals surface area contributed by atoms with Gasteiger partial charge in [-0.3, -0.25) is 0 Å². The highest BCUT2D eigenvalue weighted by molar-refractivity contribution is 6.30. The van der Waals surface area contributed by atoms with Gasteiger partial charge in [-0.2, -0.15) is 0 Å². The van der Waals surface area contributed by atoms with Gasteiger partial charge in [0, 0.05) is 25.2 Å². The number of carbonyl (C=O) groups excluding carboxylic acids is 1. The lowest BCUT2D eigenvalue weighted by Gasteiger charge is -2.26. The first kappa shape index (κ1) is 19.3. The lowest BCUT2D eigenvalue weighted by molar-refractivity contribution is 0.133. The van der Waals surface area contributed by atoms with E-state index in [9.17, 15) is 4.79 Å². The SMILES string of the molecule is CCOCc1ccccc1CNC(=O)N(C)C(C)c1cccc(Cl)c1. The summed E-state index contributed by atoms with van der Waals surface area (Å²) in [6.07, 6.45) is 0. The van der Waals surface area contributed by atoms with Crippen LogP contribution in [-0.4, -0.2) is 24.6 Å². The Hall–Kier alpha value is -2.04. The van der Waals surface area contributed by atoms with Crippen molar-refractivity contribution in [3.63, 3.8) is 0 Å². The van der Waals surface area contributed by atoms with Gasteiger partial charge in [-0.05, 0) is 42.7 Å². The highest BCUT2D eigenvalue weighted by Crippen LogP contribution is 2.22. The second-order valence-corrected chi connectivity index (χ2v) is 6.34. The molecule has 0 heterocycles. The fourth-order valence-electron chi connectivity index (χ4n) is 2.54. The van der Waals surface area contributed by atoms with E-state index in [1.807, 2.05) is 62.4 Å². The van der Waals surface area contributed by atoms with Gasteiger partial charge in [-0.1, -0.05) is 48.0 Å². The first-order valence-corrected chi connectivity index (χ1v) is 8.81. The summed E-state index contributed by atoms with van der Waals surface area (Å²) >= 11 is 6.04. The molecule has 1 unspecified atom stereocenters. The molecule has 1 atom stereocenters. The number of amides is 2. The Labute approximate surface area is 154 Å². The Morgan fingerprint density at radius 1 is 1.20 bits per heavy atom. The van der Waals surface area contributed by atoms with Crippen molar-refractivity contribution in [2.75, 3.05) is 13.7 Å². The van der Waals surface area contributed by atoms with E-state index in [-0.39, 0.29) is 12.1 Å². The molecule has 0 spiro atoms. The maximum Gasteiger partial charge on any atom is 0.317 e. The molecule has 25 heavy (non-hydrogen) atoms. The third-order valence-electron chi connectivity index (χ3n) is 4.24. The second kappa shape index (κ2) is 9.44. The van der Waals surface area contributed by atoms with Crippen LogP contribution in [0.25, 0.3) is 0 Å². The number of nitrogens with one attached hydrogen (secondary N) is 1. The monoisotopic (exact) mass is 360 g/mol. The number of carbonyl (C=O) groups is 1. The smallest absolute Gasteiger partial charge is 0.317 e. The molecule has 0 aromatic heterocycles. The predicted molar refractivity (Wildman–Crippen MR) is 102 cm³/mol. The summed E-state index contributed by atoms with van der Waals surface area (Å²) in [4.78, 5) is 14.2. The lowest BCUT2D eigenvalue weighted by atomic mass is 10.1. The molecule has 5 heteroatoms. The van der Waals surface area contributed by atoms with Crippen LogP contribution in [-0.2, 0) is 17.9 Å². The molecule has 0 radical (unpaired) electrons. The minimum Gasteiger partial charge on any atom is -0.377 e. The van der Waals surface area contributed by atoms with Crippen molar-refractivity contribution in [1.29, 1.82) is 0 Å². The first-order chi connectivity index (χ1) is 12.0. The van der Waals surface area contributed by atoms with Gasteiger partial charge in [-0.15, -0.1) is 0 Å². The number of hydrogen-bond acceptors (Lipinski definition) is 2. The van der Waals surface area contributed by atoms with Gasteiger partial charge < -0.3 is 15.0 Å². The average molecular weight is 361 g/mol. The van der Waals surface area contributed by atoms with Crippen molar-refractivity contribution in [2.24, 2.45) is 0 Å². The number of hydrogen-bond donors (Lipinski definition) is 1. The molecule has 2 rings (SSSR count). The molecule has 2 aromatic carbocycles. The van der Waals surface area contributed by atoms with Crippen LogP contribution >= 0.6 is 11.6 Å². The van der Waals surface area contributed by atoms with E-state index in [0.29, 0.717) is 24.8 Å². The molecule has 134 valence electrons. The summed E-state index contributed by atoms with van der Waals surface area (Å²) in [5.41, 5.74) is 3.16. The number of urea groups is 1. The average Bonchev–Trinajstić information content (AvgIpc) is 2.63. The van der Waals surface area contributed by atoms with E-state index >= 15 is 0 Å². The van der Waals surface area contributed by atoms with Crippen molar-refractivity contribution in [3.05, 3.63) is 70.2 Å². The molecule has 0 bridgehead atoms. The summed E-state index contributed by atoms with van der Waals surface area (Å²) in [6.45, 7) is 5.64. The molecule has 2 aromatic rings. The van der Waals surface area contributed by atoms with Gasteiger partial charge >= 0.3 is 6.03 Å². The van der Waals surface area contributed by atoms with E-state index in [1.54, 1.807) is 11.9 Å². The van der Waals surface area contributed by atoms with Crippen LogP contribution in [0.15, 0.2) is 48.5 Å². The second-order valence-electron chi connectivity index (χ2n) is 5.91. The Kier molecular flexibility index (Phi) is 7.29. The topological polar surface area (TPSA) is 41.6 Å². The number of halogens is 1. The molecule has 0 saturated carbocycles. The van der Waals surface area contributed by atoms with Crippen LogP contribution in [0.1, 0.15) is 36.6 Å². The van der Waals surface area contributed by atoms with Crippen molar-refractivity contribution < 1.29 is 9.53 Å². The van der Waals surface area contributed by atoms with Crippen LogP contribution in [0.2, 0.25) is 5.02 Å².